The van der Waals surface area contributed by atoms with E-state index in [1.54, 1.807) is 12.1 Å². The minimum Gasteiger partial charge on any atom is -0.467 e. The molecule has 2 rings (SSSR count). The second-order valence-corrected chi connectivity index (χ2v) is 4.27. The number of carbonyl (C=O) groups excluding carboxylic acids is 2. The summed E-state index contributed by atoms with van der Waals surface area (Å²) in [5.74, 6) is -0.331. The Kier molecular flexibility index (Phi) is 4.01. The number of carbonyl (C=O) groups is 2. The van der Waals surface area contributed by atoms with Crippen LogP contribution >= 0.6 is 0 Å². The summed E-state index contributed by atoms with van der Waals surface area (Å²) in [6, 6.07) is 2.69. The number of amides is 1. The molecule has 1 amide bonds. The number of furan rings is 1. The first kappa shape index (κ1) is 13.4. The maximum Gasteiger partial charge on any atom is 0.328 e. The molecule has 1 fully saturated rings. The SMILES string of the molecule is COC(=O)C1CC(O)CN1C(=O)/C=C/c1ccco1. The van der Waals surface area contributed by atoms with Crippen LogP contribution in [0.2, 0.25) is 0 Å². The molecule has 0 aromatic carbocycles. The number of hydrogen-bond donors (Lipinski definition) is 1. The van der Waals surface area contributed by atoms with Gasteiger partial charge in [0.1, 0.15) is 11.8 Å². The molecule has 1 N–H and O–H groups in total. The van der Waals surface area contributed by atoms with E-state index < -0.39 is 18.1 Å². The lowest BCUT2D eigenvalue weighted by Gasteiger charge is -2.20. The standard InChI is InChI=1S/C13H15NO5/c1-18-13(17)11-7-9(15)8-14(11)12(16)5-4-10-3-2-6-19-10/h2-6,9,11,15H,7-8H2,1H3/b5-4+. The predicted octanol–water partition coefficient (Wildman–Crippen LogP) is 0.428. The number of rotatable bonds is 3. The summed E-state index contributed by atoms with van der Waals surface area (Å²) >= 11 is 0. The van der Waals surface area contributed by atoms with E-state index >= 15 is 0 Å². The van der Waals surface area contributed by atoms with Crippen molar-refractivity contribution in [2.24, 2.45) is 0 Å². The van der Waals surface area contributed by atoms with E-state index in [1.807, 2.05) is 0 Å². The average molecular weight is 265 g/mol. The number of aliphatic hydroxyl groups excluding tert-OH is 1. The molecule has 1 aliphatic heterocycles. The number of hydrogen-bond acceptors (Lipinski definition) is 5. The molecule has 102 valence electrons. The van der Waals surface area contributed by atoms with Gasteiger partial charge >= 0.3 is 5.97 Å². The number of aliphatic hydroxyl groups is 1. The minimum absolute atomic E-state index is 0.126. The number of likely N-dealkylation sites (tertiary alicyclic amines) is 1. The molecule has 0 radical (unpaired) electrons. The Balaban J connectivity index is 2.06. The first-order valence-electron chi connectivity index (χ1n) is 5.90. The molecule has 2 atom stereocenters. The zero-order valence-corrected chi connectivity index (χ0v) is 10.5. The molecule has 0 spiro atoms. The third kappa shape index (κ3) is 3.03. The molecule has 1 saturated heterocycles. The molecule has 1 aromatic heterocycles. The van der Waals surface area contributed by atoms with Crippen LogP contribution in [-0.4, -0.2) is 47.7 Å². The molecule has 0 saturated carbocycles. The molecule has 6 heteroatoms. The van der Waals surface area contributed by atoms with E-state index in [-0.39, 0.29) is 18.9 Å². The van der Waals surface area contributed by atoms with E-state index in [0.717, 1.165) is 0 Å². The first-order valence-corrected chi connectivity index (χ1v) is 5.90. The Bertz CT molecular complexity index is 479. The van der Waals surface area contributed by atoms with Crippen molar-refractivity contribution in [1.82, 2.24) is 4.90 Å². The zero-order chi connectivity index (χ0) is 13.8. The van der Waals surface area contributed by atoms with E-state index in [4.69, 9.17) is 4.42 Å². The van der Waals surface area contributed by atoms with Gasteiger partial charge < -0.3 is 19.2 Å². The Hall–Kier alpha value is -2.08. The van der Waals surface area contributed by atoms with E-state index in [9.17, 15) is 14.7 Å². The van der Waals surface area contributed by atoms with Crippen molar-refractivity contribution in [2.75, 3.05) is 13.7 Å². The number of methoxy groups -OCH3 is 1. The number of esters is 1. The van der Waals surface area contributed by atoms with Crippen LogP contribution in [0.1, 0.15) is 12.2 Å². The van der Waals surface area contributed by atoms with Crippen molar-refractivity contribution in [3.63, 3.8) is 0 Å². The molecule has 19 heavy (non-hydrogen) atoms. The van der Waals surface area contributed by atoms with Gasteiger partial charge in [-0.1, -0.05) is 0 Å². The highest BCUT2D eigenvalue weighted by Gasteiger charge is 2.38. The maximum atomic E-state index is 12.0. The third-order valence-electron chi connectivity index (χ3n) is 2.97. The molecule has 1 aliphatic rings. The number of nitrogens with zero attached hydrogens (tertiary/aromatic N) is 1. The van der Waals surface area contributed by atoms with Crippen molar-refractivity contribution >= 4 is 18.0 Å². The van der Waals surface area contributed by atoms with Crippen molar-refractivity contribution in [1.29, 1.82) is 0 Å². The highest BCUT2D eigenvalue weighted by molar-refractivity contribution is 5.94. The van der Waals surface area contributed by atoms with Gasteiger partial charge in [-0.3, -0.25) is 4.79 Å². The van der Waals surface area contributed by atoms with Crippen LogP contribution in [0.4, 0.5) is 0 Å². The fraction of sp³-hybridized carbons (Fsp3) is 0.385. The van der Waals surface area contributed by atoms with Gasteiger partial charge in [0, 0.05) is 19.0 Å². The Labute approximate surface area is 110 Å². The minimum atomic E-state index is -0.728. The summed E-state index contributed by atoms with van der Waals surface area (Å²) in [6.45, 7) is 0.126. The second-order valence-electron chi connectivity index (χ2n) is 4.27. The maximum absolute atomic E-state index is 12.0. The molecule has 0 aliphatic carbocycles. The van der Waals surface area contributed by atoms with E-state index in [2.05, 4.69) is 4.74 Å². The van der Waals surface area contributed by atoms with Gasteiger partial charge in [-0.2, -0.15) is 0 Å². The second kappa shape index (κ2) is 5.71. The van der Waals surface area contributed by atoms with Gasteiger partial charge in [0.15, 0.2) is 0 Å². The molecule has 0 bridgehead atoms. The van der Waals surface area contributed by atoms with Gasteiger partial charge in [0.2, 0.25) is 5.91 Å². The predicted molar refractivity (Wildman–Crippen MR) is 65.9 cm³/mol. The summed E-state index contributed by atoms with van der Waals surface area (Å²) in [4.78, 5) is 24.8. The van der Waals surface area contributed by atoms with Crippen molar-refractivity contribution in [3.05, 3.63) is 30.2 Å². The smallest absolute Gasteiger partial charge is 0.328 e. The van der Waals surface area contributed by atoms with Gasteiger partial charge in [-0.25, -0.2) is 4.79 Å². The van der Waals surface area contributed by atoms with Gasteiger partial charge in [-0.15, -0.1) is 0 Å². The van der Waals surface area contributed by atoms with Crippen molar-refractivity contribution < 1.29 is 23.8 Å². The van der Waals surface area contributed by atoms with Crippen molar-refractivity contribution in [2.45, 2.75) is 18.6 Å². The molecule has 2 unspecified atom stereocenters. The summed E-state index contributed by atoms with van der Waals surface area (Å²) in [5, 5.41) is 9.57. The van der Waals surface area contributed by atoms with Crippen LogP contribution in [0.25, 0.3) is 6.08 Å². The average Bonchev–Trinajstić information content (AvgIpc) is 3.04. The van der Waals surface area contributed by atoms with Gasteiger partial charge in [0.05, 0.1) is 19.5 Å². The summed E-state index contributed by atoms with van der Waals surface area (Å²) in [5.41, 5.74) is 0. The lowest BCUT2D eigenvalue weighted by atomic mass is 10.2. The quantitative estimate of drug-likeness (QED) is 0.633. The fourth-order valence-corrected chi connectivity index (χ4v) is 2.05. The highest BCUT2D eigenvalue weighted by atomic mass is 16.5. The first-order chi connectivity index (χ1) is 9.11. The van der Waals surface area contributed by atoms with Crippen molar-refractivity contribution in [3.8, 4) is 0 Å². The fourth-order valence-electron chi connectivity index (χ4n) is 2.05. The topological polar surface area (TPSA) is 80.0 Å². The molecule has 1 aromatic rings. The Morgan fingerprint density at radius 1 is 1.58 bits per heavy atom. The molecule has 6 nitrogen and oxygen atoms in total. The van der Waals surface area contributed by atoms with Crippen LogP contribution in [0.15, 0.2) is 28.9 Å². The van der Waals surface area contributed by atoms with Crippen LogP contribution in [0.3, 0.4) is 0 Å². The molecule has 2 heterocycles. The van der Waals surface area contributed by atoms with E-state index in [0.29, 0.717) is 5.76 Å². The molecular weight excluding hydrogens is 250 g/mol. The van der Waals surface area contributed by atoms with E-state index in [1.165, 1.54) is 30.4 Å². The summed E-state index contributed by atoms with van der Waals surface area (Å²) in [6.07, 6.45) is 3.83. The van der Waals surface area contributed by atoms with Crippen LogP contribution in [-0.2, 0) is 14.3 Å². The number of β-amino-alcohol motifs (C(OH)–C–C–N with tert-alkyl or cyclic N) is 1. The van der Waals surface area contributed by atoms with Crippen LogP contribution in [0, 0.1) is 0 Å². The third-order valence-corrected chi connectivity index (χ3v) is 2.97. The Morgan fingerprint density at radius 3 is 3.00 bits per heavy atom. The number of ether oxygens (including phenoxy) is 1. The molecular formula is C13H15NO5. The van der Waals surface area contributed by atoms with Crippen LogP contribution in [0.5, 0.6) is 0 Å². The monoisotopic (exact) mass is 265 g/mol. The lowest BCUT2D eigenvalue weighted by molar-refractivity contribution is -0.149. The lowest BCUT2D eigenvalue weighted by Crippen LogP contribution is -2.40. The van der Waals surface area contributed by atoms with Crippen LogP contribution < -0.4 is 0 Å². The largest absolute Gasteiger partial charge is 0.467 e. The zero-order valence-electron chi connectivity index (χ0n) is 10.5. The highest BCUT2D eigenvalue weighted by Crippen LogP contribution is 2.19. The summed E-state index contributed by atoms with van der Waals surface area (Å²) < 4.78 is 9.69. The Morgan fingerprint density at radius 2 is 2.37 bits per heavy atom. The summed E-state index contributed by atoms with van der Waals surface area (Å²) in [7, 11) is 1.26. The normalized spacial score (nSPS) is 22.9. The van der Waals surface area contributed by atoms with Gasteiger partial charge in [0.25, 0.3) is 0 Å². The van der Waals surface area contributed by atoms with Gasteiger partial charge in [-0.05, 0) is 18.2 Å².